The van der Waals surface area contributed by atoms with E-state index in [-0.39, 0.29) is 4.90 Å². The minimum absolute atomic E-state index is 0.203. The molecule has 0 bridgehead atoms. The first-order valence-corrected chi connectivity index (χ1v) is 8.20. The number of rotatable bonds is 6. The van der Waals surface area contributed by atoms with Gasteiger partial charge < -0.3 is 15.8 Å². The molecular weight excluding hydrogens is 278 g/mol. The quantitative estimate of drug-likeness (QED) is 0.685. The largest absolute Gasteiger partial charge is 0.397 e. The van der Waals surface area contributed by atoms with Crippen LogP contribution in [0.4, 0.5) is 11.4 Å². The maximum Gasteiger partial charge on any atom is 0.240 e. The smallest absolute Gasteiger partial charge is 0.240 e. The van der Waals surface area contributed by atoms with Crippen molar-refractivity contribution in [2.24, 2.45) is 0 Å². The zero-order chi connectivity index (χ0) is 14.6. The van der Waals surface area contributed by atoms with Crippen LogP contribution < -0.4 is 15.8 Å². The third-order valence-corrected chi connectivity index (χ3v) is 4.82. The SMILES string of the molecule is CNS(=O)(=O)c1ccc(N)c(NCCC2CCCO2)c1. The van der Waals surface area contributed by atoms with Gasteiger partial charge in [0.15, 0.2) is 0 Å². The molecule has 1 aromatic rings. The number of anilines is 2. The topological polar surface area (TPSA) is 93.5 Å². The van der Waals surface area contributed by atoms with Crippen LogP contribution in [0.1, 0.15) is 19.3 Å². The van der Waals surface area contributed by atoms with Crippen LogP contribution in [0.3, 0.4) is 0 Å². The standard InChI is InChI=1S/C13H21N3O3S/c1-15-20(17,18)11-4-5-12(14)13(9-11)16-7-6-10-3-2-8-19-10/h4-5,9-10,15-16H,2-3,6-8,14H2,1H3. The molecule has 0 aromatic heterocycles. The van der Waals surface area contributed by atoms with E-state index in [1.807, 2.05) is 0 Å². The molecule has 7 heteroatoms. The van der Waals surface area contributed by atoms with Crippen LogP contribution in [0.5, 0.6) is 0 Å². The Balaban J connectivity index is 2.01. The average molecular weight is 299 g/mol. The summed E-state index contributed by atoms with van der Waals surface area (Å²) in [5.74, 6) is 0. The Hall–Kier alpha value is -1.31. The molecule has 0 aliphatic carbocycles. The number of benzene rings is 1. The van der Waals surface area contributed by atoms with E-state index in [2.05, 4.69) is 10.0 Å². The Labute approximate surface area is 119 Å². The van der Waals surface area contributed by atoms with Crippen molar-refractivity contribution in [3.05, 3.63) is 18.2 Å². The Kier molecular flexibility index (Phi) is 4.85. The average Bonchev–Trinajstić information content (AvgIpc) is 2.94. The summed E-state index contributed by atoms with van der Waals surface area (Å²) < 4.78 is 31.3. The number of nitrogen functional groups attached to an aromatic ring is 1. The molecule has 1 unspecified atom stereocenters. The monoisotopic (exact) mass is 299 g/mol. The van der Waals surface area contributed by atoms with Crippen molar-refractivity contribution in [1.29, 1.82) is 0 Å². The van der Waals surface area contributed by atoms with Crippen molar-refractivity contribution in [2.45, 2.75) is 30.3 Å². The third kappa shape index (κ3) is 3.62. The van der Waals surface area contributed by atoms with Gasteiger partial charge in [0.1, 0.15) is 0 Å². The van der Waals surface area contributed by atoms with Gasteiger partial charge in [-0.05, 0) is 44.5 Å². The van der Waals surface area contributed by atoms with E-state index in [0.717, 1.165) is 25.9 Å². The molecule has 4 N–H and O–H groups in total. The molecule has 0 amide bonds. The molecule has 1 saturated heterocycles. The number of nitrogens with two attached hydrogens (primary N) is 1. The zero-order valence-electron chi connectivity index (χ0n) is 11.6. The summed E-state index contributed by atoms with van der Waals surface area (Å²) >= 11 is 0. The van der Waals surface area contributed by atoms with Crippen LogP contribution in [-0.4, -0.2) is 34.7 Å². The first-order chi connectivity index (χ1) is 9.53. The number of sulfonamides is 1. The summed E-state index contributed by atoms with van der Waals surface area (Å²) in [6.07, 6.45) is 3.39. The lowest BCUT2D eigenvalue weighted by atomic mass is 10.2. The van der Waals surface area contributed by atoms with Crippen LogP contribution in [0, 0.1) is 0 Å². The van der Waals surface area contributed by atoms with Gasteiger partial charge >= 0.3 is 0 Å². The van der Waals surface area contributed by atoms with Crippen molar-refractivity contribution in [1.82, 2.24) is 4.72 Å². The predicted molar refractivity (Wildman–Crippen MR) is 79.2 cm³/mol. The van der Waals surface area contributed by atoms with E-state index in [9.17, 15) is 8.42 Å². The number of hydrogen-bond donors (Lipinski definition) is 3. The van der Waals surface area contributed by atoms with E-state index in [1.54, 1.807) is 12.1 Å². The minimum Gasteiger partial charge on any atom is -0.397 e. The van der Waals surface area contributed by atoms with Crippen molar-refractivity contribution < 1.29 is 13.2 Å². The van der Waals surface area contributed by atoms with Crippen molar-refractivity contribution >= 4 is 21.4 Å². The van der Waals surface area contributed by atoms with Crippen LogP contribution >= 0.6 is 0 Å². The van der Waals surface area contributed by atoms with Crippen LogP contribution in [0.25, 0.3) is 0 Å². The molecule has 1 aromatic carbocycles. The molecule has 20 heavy (non-hydrogen) atoms. The number of hydrogen-bond acceptors (Lipinski definition) is 5. The van der Waals surface area contributed by atoms with Gasteiger partial charge in [-0.1, -0.05) is 0 Å². The van der Waals surface area contributed by atoms with E-state index >= 15 is 0 Å². The molecule has 1 heterocycles. The second-order valence-corrected chi connectivity index (χ2v) is 6.69. The maximum absolute atomic E-state index is 11.7. The highest BCUT2D eigenvalue weighted by molar-refractivity contribution is 7.89. The van der Waals surface area contributed by atoms with Crippen molar-refractivity contribution in [3.63, 3.8) is 0 Å². The Bertz CT molecular complexity index is 554. The molecular formula is C13H21N3O3S. The highest BCUT2D eigenvalue weighted by atomic mass is 32.2. The van der Waals surface area contributed by atoms with Gasteiger partial charge in [-0.25, -0.2) is 13.1 Å². The number of nitrogens with one attached hydrogen (secondary N) is 2. The van der Waals surface area contributed by atoms with Gasteiger partial charge in [-0.2, -0.15) is 0 Å². The lowest BCUT2D eigenvalue weighted by Crippen LogP contribution is -2.19. The highest BCUT2D eigenvalue weighted by Gasteiger charge is 2.16. The summed E-state index contributed by atoms with van der Waals surface area (Å²) in [7, 11) is -2.06. The Morgan fingerprint density at radius 2 is 2.25 bits per heavy atom. The molecule has 112 valence electrons. The minimum atomic E-state index is -3.45. The first-order valence-electron chi connectivity index (χ1n) is 6.71. The predicted octanol–water partition coefficient (Wildman–Crippen LogP) is 1.16. The normalized spacial score (nSPS) is 19.1. The summed E-state index contributed by atoms with van der Waals surface area (Å²) in [5, 5.41) is 3.18. The van der Waals surface area contributed by atoms with Gasteiger partial charge in [-0.3, -0.25) is 0 Å². The second kappa shape index (κ2) is 6.43. The second-order valence-electron chi connectivity index (χ2n) is 4.81. The number of ether oxygens (including phenoxy) is 1. The summed E-state index contributed by atoms with van der Waals surface area (Å²) in [6.45, 7) is 1.54. The maximum atomic E-state index is 11.7. The molecule has 0 spiro atoms. The fourth-order valence-electron chi connectivity index (χ4n) is 2.21. The Morgan fingerprint density at radius 1 is 1.45 bits per heavy atom. The summed E-state index contributed by atoms with van der Waals surface area (Å²) in [6, 6.07) is 4.64. The third-order valence-electron chi connectivity index (χ3n) is 3.41. The van der Waals surface area contributed by atoms with E-state index in [4.69, 9.17) is 10.5 Å². The molecule has 2 rings (SSSR count). The lowest BCUT2D eigenvalue weighted by molar-refractivity contribution is 0.107. The fraction of sp³-hybridized carbons (Fsp3) is 0.538. The Morgan fingerprint density at radius 3 is 2.90 bits per heavy atom. The van der Waals surface area contributed by atoms with Crippen LogP contribution in [0.15, 0.2) is 23.1 Å². The highest BCUT2D eigenvalue weighted by Crippen LogP contribution is 2.23. The first kappa shape index (κ1) is 15.1. The zero-order valence-corrected chi connectivity index (χ0v) is 12.4. The summed E-state index contributed by atoms with van der Waals surface area (Å²) in [5.41, 5.74) is 7.03. The van der Waals surface area contributed by atoms with Crippen LogP contribution in [-0.2, 0) is 14.8 Å². The van der Waals surface area contributed by atoms with Gasteiger partial charge in [0.25, 0.3) is 0 Å². The van der Waals surface area contributed by atoms with Gasteiger partial charge in [0, 0.05) is 13.2 Å². The van der Waals surface area contributed by atoms with Crippen molar-refractivity contribution in [2.75, 3.05) is 31.2 Å². The van der Waals surface area contributed by atoms with E-state index < -0.39 is 10.0 Å². The molecule has 6 nitrogen and oxygen atoms in total. The fourth-order valence-corrected chi connectivity index (χ4v) is 2.97. The summed E-state index contributed by atoms with van der Waals surface area (Å²) in [4.78, 5) is 0.203. The van der Waals surface area contributed by atoms with E-state index in [0.29, 0.717) is 24.0 Å². The molecule has 1 atom stereocenters. The van der Waals surface area contributed by atoms with Gasteiger partial charge in [0.05, 0.1) is 22.4 Å². The van der Waals surface area contributed by atoms with Crippen molar-refractivity contribution in [3.8, 4) is 0 Å². The van der Waals surface area contributed by atoms with Gasteiger partial charge in [0.2, 0.25) is 10.0 Å². The molecule has 1 fully saturated rings. The molecule has 1 aliphatic heterocycles. The van der Waals surface area contributed by atoms with Gasteiger partial charge in [-0.15, -0.1) is 0 Å². The van der Waals surface area contributed by atoms with E-state index in [1.165, 1.54) is 13.1 Å². The molecule has 0 radical (unpaired) electrons. The molecule has 0 saturated carbocycles. The van der Waals surface area contributed by atoms with Crippen LogP contribution in [0.2, 0.25) is 0 Å². The lowest BCUT2D eigenvalue weighted by Gasteiger charge is -2.13. The molecule has 1 aliphatic rings.